The molecular weight excluding hydrogens is 240 g/mol. The standard InChI is InChI=1S/C15H22N2O2/c1-15(2,3)14(18)17-10-4-5-13(11-17)19-12-6-8-16-9-7-12/h6-9,13H,4-5,10-11H2,1-3H3. The monoisotopic (exact) mass is 262 g/mol. The van der Waals surface area contributed by atoms with Gasteiger partial charge in [-0.15, -0.1) is 0 Å². The minimum absolute atomic E-state index is 0.0856. The fourth-order valence-electron chi connectivity index (χ4n) is 2.30. The third kappa shape index (κ3) is 3.69. The highest BCUT2D eigenvalue weighted by atomic mass is 16.5. The van der Waals surface area contributed by atoms with Gasteiger partial charge in [-0.25, -0.2) is 0 Å². The van der Waals surface area contributed by atoms with Crippen molar-refractivity contribution in [3.63, 3.8) is 0 Å². The summed E-state index contributed by atoms with van der Waals surface area (Å²) < 4.78 is 5.91. The van der Waals surface area contributed by atoms with Gasteiger partial charge in [-0.05, 0) is 25.0 Å². The fraction of sp³-hybridized carbons (Fsp3) is 0.600. The zero-order valence-corrected chi connectivity index (χ0v) is 11.9. The molecule has 0 spiro atoms. The number of hydrogen-bond acceptors (Lipinski definition) is 3. The van der Waals surface area contributed by atoms with E-state index in [1.54, 1.807) is 12.4 Å². The first-order valence-electron chi connectivity index (χ1n) is 6.83. The second-order valence-corrected chi connectivity index (χ2v) is 6.07. The van der Waals surface area contributed by atoms with E-state index in [1.165, 1.54) is 0 Å². The average Bonchev–Trinajstić information content (AvgIpc) is 2.38. The van der Waals surface area contributed by atoms with E-state index in [2.05, 4.69) is 4.98 Å². The number of ether oxygens (including phenoxy) is 1. The number of amides is 1. The Morgan fingerprint density at radius 2 is 2.05 bits per heavy atom. The van der Waals surface area contributed by atoms with Crippen molar-refractivity contribution in [2.24, 2.45) is 5.41 Å². The molecule has 4 nitrogen and oxygen atoms in total. The minimum atomic E-state index is -0.321. The molecule has 1 aliphatic rings. The van der Waals surface area contributed by atoms with Gasteiger partial charge in [-0.2, -0.15) is 0 Å². The van der Waals surface area contributed by atoms with Gasteiger partial charge in [-0.1, -0.05) is 20.8 Å². The van der Waals surface area contributed by atoms with Crippen molar-refractivity contribution in [1.82, 2.24) is 9.88 Å². The van der Waals surface area contributed by atoms with Crippen LogP contribution < -0.4 is 4.74 Å². The van der Waals surface area contributed by atoms with Crippen LogP contribution in [0.5, 0.6) is 5.75 Å². The van der Waals surface area contributed by atoms with Gasteiger partial charge in [0.15, 0.2) is 0 Å². The van der Waals surface area contributed by atoms with Crippen molar-refractivity contribution in [3.8, 4) is 5.75 Å². The van der Waals surface area contributed by atoms with Gasteiger partial charge in [0, 0.05) is 24.4 Å². The van der Waals surface area contributed by atoms with E-state index in [-0.39, 0.29) is 17.4 Å². The average molecular weight is 262 g/mol. The van der Waals surface area contributed by atoms with E-state index in [0.29, 0.717) is 6.54 Å². The summed E-state index contributed by atoms with van der Waals surface area (Å²) in [5, 5.41) is 0. The van der Waals surface area contributed by atoms with Gasteiger partial charge in [0.05, 0.1) is 6.54 Å². The number of carbonyl (C=O) groups is 1. The maximum Gasteiger partial charge on any atom is 0.228 e. The molecule has 104 valence electrons. The summed E-state index contributed by atoms with van der Waals surface area (Å²) in [6.45, 7) is 7.40. The normalized spacial score (nSPS) is 20.2. The largest absolute Gasteiger partial charge is 0.488 e. The predicted octanol–water partition coefficient (Wildman–Crippen LogP) is 2.50. The lowest BCUT2D eigenvalue weighted by Gasteiger charge is -2.36. The molecule has 0 bridgehead atoms. The van der Waals surface area contributed by atoms with Crippen LogP contribution >= 0.6 is 0 Å². The van der Waals surface area contributed by atoms with E-state index in [4.69, 9.17) is 4.74 Å². The summed E-state index contributed by atoms with van der Waals surface area (Å²) in [5.74, 6) is 1.03. The first-order valence-corrected chi connectivity index (χ1v) is 6.83. The van der Waals surface area contributed by atoms with Crippen LogP contribution in [0.15, 0.2) is 24.5 Å². The van der Waals surface area contributed by atoms with Crippen LogP contribution in [0, 0.1) is 5.41 Å². The van der Waals surface area contributed by atoms with Crippen molar-refractivity contribution >= 4 is 5.91 Å². The lowest BCUT2D eigenvalue weighted by atomic mass is 9.93. The molecular formula is C15H22N2O2. The van der Waals surface area contributed by atoms with Crippen LogP contribution in [0.3, 0.4) is 0 Å². The molecule has 1 aromatic rings. The molecule has 0 N–H and O–H groups in total. The summed E-state index contributed by atoms with van der Waals surface area (Å²) in [6, 6.07) is 3.70. The van der Waals surface area contributed by atoms with E-state index < -0.39 is 0 Å². The lowest BCUT2D eigenvalue weighted by molar-refractivity contribution is -0.142. The molecule has 1 aliphatic heterocycles. The molecule has 2 rings (SSSR count). The maximum absolute atomic E-state index is 12.3. The topological polar surface area (TPSA) is 42.4 Å². The highest BCUT2D eigenvalue weighted by Crippen LogP contribution is 2.23. The Hall–Kier alpha value is -1.58. The fourth-order valence-corrected chi connectivity index (χ4v) is 2.30. The second-order valence-electron chi connectivity index (χ2n) is 6.07. The molecule has 1 atom stereocenters. The molecule has 1 fully saturated rings. The molecule has 19 heavy (non-hydrogen) atoms. The van der Waals surface area contributed by atoms with E-state index >= 15 is 0 Å². The molecule has 0 radical (unpaired) electrons. The molecule has 2 heterocycles. The van der Waals surface area contributed by atoms with Gasteiger partial charge in [0.1, 0.15) is 11.9 Å². The molecule has 1 amide bonds. The van der Waals surface area contributed by atoms with Crippen LogP contribution in [0.4, 0.5) is 0 Å². The highest BCUT2D eigenvalue weighted by Gasteiger charge is 2.31. The number of pyridine rings is 1. The number of piperidine rings is 1. The van der Waals surface area contributed by atoms with Crippen molar-refractivity contribution < 1.29 is 9.53 Å². The molecule has 0 aromatic carbocycles. The Morgan fingerprint density at radius 3 is 2.68 bits per heavy atom. The van der Waals surface area contributed by atoms with E-state index in [0.717, 1.165) is 25.1 Å². The summed E-state index contributed by atoms with van der Waals surface area (Å²) >= 11 is 0. The van der Waals surface area contributed by atoms with Crippen molar-refractivity contribution in [2.45, 2.75) is 39.7 Å². The van der Waals surface area contributed by atoms with Gasteiger partial charge >= 0.3 is 0 Å². The zero-order valence-electron chi connectivity index (χ0n) is 11.9. The van der Waals surface area contributed by atoms with Gasteiger partial charge in [-0.3, -0.25) is 9.78 Å². The molecule has 1 unspecified atom stereocenters. The summed E-state index contributed by atoms with van der Waals surface area (Å²) in [6.07, 6.45) is 5.52. The van der Waals surface area contributed by atoms with Crippen molar-refractivity contribution in [2.75, 3.05) is 13.1 Å². The SMILES string of the molecule is CC(C)(C)C(=O)N1CCCC(Oc2ccncc2)C1. The predicted molar refractivity (Wildman–Crippen MR) is 73.9 cm³/mol. The van der Waals surface area contributed by atoms with Crippen LogP contribution in [0.25, 0.3) is 0 Å². The molecule has 0 aliphatic carbocycles. The summed E-state index contributed by atoms with van der Waals surface area (Å²) in [5.41, 5.74) is -0.321. The zero-order chi connectivity index (χ0) is 13.9. The van der Waals surface area contributed by atoms with Crippen molar-refractivity contribution in [3.05, 3.63) is 24.5 Å². The van der Waals surface area contributed by atoms with Crippen LogP contribution in [-0.4, -0.2) is 35.0 Å². The second kappa shape index (κ2) is 5.59. The smallest absolute Gasteiger partial charge is 0.228 e. The molecule has 0 saturated carbocycles. The number of rotatable bonds is 2. The van der Waals surface area contributed by atoms with E-state index in [9.17, 15) is 4.79 Å². The van der Waals surface area contributed by atoms with E-state index in [1.807, 2.05) is 37.8 Å². The molecule has 1 saturated heterocycles. The highest BCUT2D eigenvalue weighted by molar-refractivity contribution is 5.81. The minimum Gasteiger partial charge on any atom is -0.488 e. The van der Waals surface area contributed by atoms with Gasteiger partial charge in [0.25, 0.3) is 0 Å². The summed E-state index contributed by atoms with van der Waals surface area (Å²) in [7, 11) is 0. The Balaban J connectivity index is 1.96. The first kappa shape index (κ1) is 13.8. The number of nitrogens with zero attached hydrogens (tertiary/aromatic N) is 2. The molecule has 4 heteroatoms. The third-order valence-corrected chi connectivity index (χ3v) is 3.26. The van der Waals surface area contributed by atoms with Crippen LogP contribution in [0.1, 0.15) is 33.6 Å². The Bertz CT molecular complexity index is 426. The van der Waals surface area contributed by atoms with Gasteiger partial charge < -0.3 is 9.64 Å². The van der Waals surface area contributed by atoms with Crippen LogP contribution in [0.2, 0.25) is 0 Å². The number of carbonyl (C=O) groups excluding carboxylic acids is 1. The Morgan fingerprint density at radius 1 is 1.37 bits per heavy atom. The number of likely N-dealkylation sites (tertiary alicyclic amines) is 1. The van der Waals surface area contributed by atoms with Crippen LogP contribution in [-0.2, 0) is 4.79 Å². The van der Waals surface area contributed by atoms with Gasteiger partial charge in [0.2, 0.25) is 5.91 Å². The third-order valence-electron chi connectivity index (χ3n) is 3.26. The first-order chi connectivity index (χ1) is 8.97. The number of aromatic nitrogens is 1. The Labute approximate surface area is 114 Å². The quantitative estimate of drug-likeness (QED) is 0.822. The Kier molecular flexibility index (Phi) is 4.08. The molecule has 1 aromatic heterocycles. The number of hydrogen-bond donors (Lipinski definition) is 0. The maximum atomic E-state index is 12.3. The summed E-state index contributed by atoms with van der Waals surface area (Å²) in [4.78, 5) is 18.2. The van der Waals surface area contributed by atoms with Crippen molar-refractivity contribution in [1.29, 1.82) is 0 Å². The lowest BCUT2D eigenvalue weighted by Crippen LogP contribution is -2.48.